The van der Waals surface area contributed by atoms with Crippen LogP contribution < -0.4 is 4.90 Å². The first-order valence-corrected chi connectivity index (χ1v) is 9.31. The average Bonchev–Trinajstić information content (AvgIpc) is 3.16. The van der Waals surface area contributed by atoms with Crippen LogP contribution in [0.1, 0.15) is 25.0 Å². The molecular formula is C20H23F2N5. The molecular weight excluding hydrogens is 348 g/mol. The summed E-state index contributed by atoms with van der Waals surface area (Å²) in [6, 6.07) is 10.4. The summed E-state index contributed by atoms with van der Waals surface area (Å²) in [5.74, 6) is 0.418. The van der Waals surface area contributed by atoms with Gasteiger partial charge < -0.3 is 4.90 Å². The summed E-state index contributed by atoms with van der Waals surface area (Å²) in [7, 11) is 0. The van der Waals surface area contributed by atoms with Gasteiger partial charge in [0.05, 0.1) is 12.1 Å². The number of rotatable bonds is 5. The Morgan fingerprint density at radius 2 is 1.89 bits per heavy atom. The van der Waals surface area contributed by atoms with Crippen molar-refractivity contribution in [2.45, 2.75) is 26.4 Å². The van der Waals surface area contributed by atoms with Crippen LogP contribution in [0, 0.1) is 0 Å². The normalized spacial score (nSPS) is 15.8. The van der Waals surface area contributed by atoms with Gasteiger partial charge in [-0.15, -0.1) is 0 Å². The molecule has 1 aliphatic heterocycles. The van der Waals surface area contributed by atoms with Crippen LogP contribution in [0.3, 0.4) is 0 Å². The highest BCUT2D eigenvalue weighted by Gasteiger charge is 2.22. The Bertz CT molecular complexity index is 916. The number of para-hydroxylation sites is 1. The lowest BCUT2D eigenvalue weighted by atomic mass is 10.1. The molecule has 0 unspecified atom stereocenters. The molecule has 0 saturated carbocycles. The fourth-order valence-electron chi connectivity index (χ4n) is 3.64. The first-order valence-electron chi connectivity index (χ1n) is 9.31. The molecule has 0 radical (unpaired) electrons. The van der Waals surface area contributed by atoms with Gasteiger partial charge in [0.2, 0.25) is 0 Å². The molecule has 1 saturated heterocycles. The fraction of sp³-hybridized carbons (Fsp3) is 0.400. The van der Waals surface area contributed by atoms with E-state index in [9.17, 15) is 8.78 Å². The molecule has 3 aromatic rings. The predicted octanol–water partition coefficient (Wildman–Crippen LogP) is 3.71. The van der Waals surface area contributed by atoms with Crippen molar-refractivity contribution < 1.29 is 8.78 Å². The second-order valence-corrected chi connectivity index (χ2v) is 6.80. The molecule has 0 atom stereocenters. The fourth-order valence-corrected chi connectivity index (χ4v) is 3.64. The molecule has 4 rings (SSSR count). The Labute approximate surface area is 157 Å². The number of aryl methyl sites for hydroxylation is 1. The molecule has 0 amide bonds. The number of halogens is 2. The highest BCUT2D eigenvalue weighted by Crippen LogP contribution is 2.28. The standard InChI is InChI=1S/C20H23F2N5/c1-2-15-13-18(16-5-3-4-6-17(16)24-15)26-11-9-25(10-12-26)14-19-23-7-8-27(19)20(21)22/h3-8,13,20H,2,9-12,14H2,1H3. The van der Waals surface area contributed by atoms with E-state index in [-0.39, 0.29) is 0 Å². The lowest BCUT2D eigenvalue weighted by molar-refractivity contribution is 0.0637. The quantitative estimate of drug-likeness (QED) is 0.685. The van der Waals surface area contributed by atoms with E-state index in [4.69, 9.17) is 4.98 Å². The predicted molar refractivity (Wildman–Crippen MR) is 102 cm³/mol. The van der Waals surface area contributed by atoms with E-state index >= 15 is 0 Å². The zero-order chi connectivity index (χ0) is 18.8. The van der Waals surface area contributed by atoms with Crippen molar-refractivity contribution in [1.82, 2.24) is 19.4 Å². The van der Waals surface area contributed by atoms with Gasteiger partial charge in [0.1, 0.15) is 5.82 Å². The first-order chi connectivity index (χ1) is 13.2. The maximum atomic E-state index is 13.0. The number of hydrogen-bond acceptors (Lipinski definition) is 4. The number of nitrogens with zero attached hydrogens (tertiary/aromatic N) is 5. The minimum absolute atomic E-state index is 0.418. The van der Waals surface area contributed by atoms with Crippen LogP contribution in [0.15, 0.2) is 42.7 Å². The lowest BCUT2D eigenvalue weighted by Gasteiger charge is -2.36. The van der Waals surface area contributed by atoms with E-state index in [2.05, 4.69) is 39.9 Å². The number of anilines is 1. The Hall–Kier alpha value is -2.54. The van der Waals surface area contributed by atoms with Crippen LogP contribution in [0.4, 0.5) is 14.5 Å². The molecule has 0 spiro atoms. The second-order valence-electron chi connectivity index (χ2n) is 6.80. The Morgan fingerprint density at radius 3 is 2.63 bits per heavy atom. The molecule has 0 bridgehead atoms. The second kappa shape index (κ2) is 7.60. The van der Waals surface area contributed by atoms with E-state index in [0.29, 0.717) is 12.4 Å². The SMILES string of the molecule is CCc1cc(N2CCN(Cc3nccn3C(F)F)CC2)c2ccccc2n1. The third kappa shape index (κ3) is 3.64. The van der Waals surface area contributed by atoms with Gasteiger partial charge in [-0.3, -0.25) is 14.5 Å². The molecule has 1 fully saturated rings. The van der Waals surface area contributed by atoms with Gasteiger partial charge in [-0.1, -0.05) is 25.1 Å². The van der Waals surface area contributed by atoms with Gasteiger partial charge in [-0.05, 0) is 18.6 Å². The molecule has 142 valence electrons. The van der Waals surface area contributed by atoms with E-state index < -0.39 is 6.55 Å². The molecule has 1 aromatic carbocycles. The smallest absolute Gasteiger partial charge is 0.319 e. The van der Waals surface area contributed by atoms with E-state index in [1.807, 2.05) is 12.1 Å². The molecule has 5 nitrogen and oxygen atoms in total. The van der Waals surface area contributed by atoms with Crippen LogP contribution in [0.25, 0.3) is 10.9 Å². The van der Waals surface area contributed by atoms with Crippen molar-refractivity contribution in [3.05, 3.63) is 54.2 Å². The third-order valence-corrected chi connectivity index (χ3v) is 5.15. The van der Waals surface area contributed by atoms with Gasteiger partial charge in [-0.2, -0.15) is 8.78 Å². The van der Waals surface area contributed by atoms with Crippen molar-refractivity contribution >= 4 is 16.6 Å². The minimum atomic E-state index is -2.54. The average molecular weight is 371 g/mol. The van der Waals surface area contributed by atoms with Crippen molar-refractivity contribution in [2.75, 3.05) is 31.1 Å². The molecule has 1 aliphatic rings. The van der Waals surface area contributed by atoms with Gasteiger partial charge >= 0.3 is 6.55 Å². The zero-order valence-electron chi connectivity index (χ0n) is 15.4. The molecule has 0 aliphatic carbocycles. The monoisotopic (exact) mass is 371 g/mol. The van der Waals surface area contributed by atoms with Gasteiger partial charge in [0.25, 0.3) is 0 Å². The van der Waals surface area contributed by atoms with Crippen LogP contribution in [-0.2, 0) is 13.0 Å². The largest absolute Gasteiger partial charge is 0.368 e. The number of hydrogen-bond donors (Lipinski definition) is 0. The topological polar surface area (TPSA) is 37.2 Å². The summed E-state index contributed by atoms with van der Waals surface area (Å²) in [5.41, 5.74) is 3.32. The molecule has 7 heteroatoms. The van der Waals surface area contributed by atoms with Crippen molar-refractivity contribution in [2.24, 2.45) is 0 Å². The third-order valence-electron chi connectivity index (χ3n) is 5.15. The number of alkyl halides is 2. The summed E-state index contributed by atoms with van der Waals surface area (Å²) in [4.78, 5) is 13.4. The Morgan fingerprint density at radius 1 is 1.11 bits per heavy atom. The summed E-state index contributed by atoms with van der Waals surface area (Å²) >= 11 is 0. The number of benzene rings is 1. The van der Waals surface area contributed by atoms with Crippen LogP contribution in [0.2, 0.25) is 0 Å². The maximum Gasteiger partial charge on any atom is 0.319 e. The Kier molecular flexibility index (Phi) is 5.03. The molecule has 27 heavy (non-hydrogen) atoms. The van der Waals surface area contributed by atoms with E-state index in [0.717, 1.165) is 53.8 Å². The van der Waals surface area contributed by atoms with Gasteiger partial charge in [0.15, 0.2) is 0 Å². The van der Waals surface area contributed by atoms with Gasteiger partial charge in [-0.25, -0.2) is 4.98 Å². The number of aromatic nitrogens is 3. The molecule has 2 aromatic heterocycles. The van der Waals surface area contributed by atoms with Crippen molar-refractivity contribution in [1.29, 1.82) is 0 Å². The van der Waals surface area contributed by atoms with Crippen LogP contribution in [-0.4, -0.2) is 45.6 Å². The van der Waals surface area contributed by atoms with Crippen LogP contribution >= 0.6 is 0 Å². The number of fused-ring (bicyclic) bond motifs is 1. The summed E-state index contributed by atoms with van der Waals surface area (Å²) < 4.78 is 27.0. The highest BCUT2D eigenvalue weighted by molar-refractivity contribution is 5.92. The number of pyridine rings is 1. The Balaban J connectivity index is 1.49. The number of imidazole rings is 1. The van der Waals surface area contributed by atoms with Gasteiger partial charge in [0, 0.05) is 55.3 Å². The zero-order valence-corrected chi connectivity index (χ0v) is 15.4. The van der Waals surface area contributed by atoms with E-state index in [1.54, 1.807) is 0 Å². The summed E-state index contributed by atoms with van der Waals surface area (Å²) in [5, 5.41) is 1.16. The van der Waals surface area contributed by atoms with Crippen LogP contribution in [0.5, 0.6) is 0 Å². The minimum Gasteiger partial charge on any atom is -0.368 e. The lowest BCUT2D eigenvalue weighted by Crippen LogP contribution is -2.46. The maximum absolute atomic E-state index is 13.0. The molecule has 3 heterocycles. The highest BCUT2D eigenvalue weighted by atomic mass is 19.3. The van der Waals surface area contributed by atoms with Crippen molar-refractivity contribution in [3.8, 4) is 0 Å². The first kappa shape index (κ1) is 17.9. The van der Waals surface area contributed by atoms with E-state index in [1.165, 1.54) is 18.1 Å². The summed E-state index contributed by atoms with van der Waals surface area (Å²) in [6.45, 7) is 3.35. The summed E-state index contributed by atoms with van der Waals surface area (Å²) in [6.07, 6.45) is 3.67. The molecule has 0 N–H and O–H groups in total. The number of piperazine rings is 1. The van der Waals surface area contributed by atoms with Crippen molar-refractivity contribution in [3.63, 3.8) is 0 Å².